The zero-order valence-electron chi connectivity index (χ0n) is 13.3. The second-order valence-corrected chi connectivity index (χ2v) is 6.07. The Morgan fingerprint density at radius 3 is 2.64 bits per heavy atom. The third-order valence-corrected chi connectivity index (χ3v) is 4.32. The third kappa shape index (κ3) is 4.13. The fourth-order valence-corrected chi connectivity index (χ4v) is 2.58. The molecule has 2 aromatic carbocycles. The number of carbonyl (C=O) groups excluding carboxylic acids is 1. The van der Waals surface area contributed by atoms with Crippen LogP contribution in [0.2, 0.25) is 10.0 Å². The van der Waals surface area contributed by atoms with Gasteiger partial charge in [-0.25, -0.2) is 0 Å². The molecule has 0 aliphatic carbocycles. The summed E-state index contributed by atoms with van der Waals surface area (Å²) in [5.74, 6) is 1.72. The van der Waals surface area contributed by atoms with Crippen molar-refractivity contribution in [3.63, 3.8) is 0 Å². The number of rotatable bonds is 5. The summed E-state index contributed by atoms with van der Waals surface area (Å²) < 4.78 is 10.9. The van der Waals surface area contributed by atoms with Crippen LogP contribution in [0.15, 0.2) is 65.1 Å². The molecular formula is C20H14Cl2O3. The molecule has 0 saturated heterocycles. The Balaban J connectivity index is 1.77. The highest BCUT2D eigenvalue weighted by molar-refractivity contribution is 6.42. The lowest BCUT2D eigenvalue weighted by atomic mass is 10.1. The molecule has 5 heteroatoms. The predicted octanol–water partition coefficient (Wildman–Crippen LogP) is 6.16. The van der Waals surface area contributed by atoms with Crippen LogP contribution in [0.3, 0.4) is 0 Å². The SMILES string of the molecule is COc1cccc(C(=O)/C=C/c2ccc(-c3ccc(Cl)c(Cl)c3)o2)c1. The lowest BCUT2D eigenvalue weighted by Crippen LogP contribution is -1.94. The van der Waals surface area contributed by atoms with Gasteiger partial charge in [-0.05, 0) is 54.6 Å². The summed E-state index contributed by atoms with van der Waals surface area (Å²) in [7, 11) is 1.56. The minimum Gasteiger partial charge on any atom is -0.497 e. The number of carbonyl (C=O) groups is 1. The van der Waals surface area contributed by atoms with Gasteiger partial charge in [-0.3, -0.25) is 4.79 Å². The van der Waals surface area contributed by atoms with Gasteiger partial charge in [0.25, 0.3) is 0 Å². The summed E-state index contributed by atoms with van der Waals surface area (Å²) in [4.78, 5) is 12.2. The van der Waals surface area contributed by atoms with Gasteiger partial charge in [0, 0.05) is 11.1 Å². The monoisotopic (exact) mass is 372 g/mol. The molecule has 0 unspecified atom stereocenters. The standard InChI is InChI=1S/C20H14Cl2O3/c1-24-16-4-2-3-13(11-16)19(23)9-6-15-7-10-20(25-15)14-5-8-17(21)18(22)12-14/h2-12H,1H3/b9-6+. The predicted molar refractivity (Wildman–Crippen MR) is 101 cm³/mol. The first-order valence-corrected chi connectivity index (χ1v) is 8.24. The Morgan fingerprint density at radius 1 is 1.04 bits per heavy atom. The lowest BCUT2D eigenvalue weighted by Gasteiger charge is -2.01. The fourth-order valence-electron chi connectivity index (χ4n) is 2.28. The number of benzene rings is 2. The van der Waals surface area contributed by atoms with Crippen molar-refractivity contribution in [2.45, 2.75) is 0 Å². The van der Waals surface area contributed by atoms with Gasteiger partial charge in [-0.2, -0.15) is 0 Å². The average molecular weight is 373 g/mol. The van der Waals surface area contributed by atoms with Gasteiger partial charge in [0.15, 0.2) is 5.78 Å². The van der Waals surface area contributed by atoms with E-state index in [0.29, 0.717) is 32.9 Å². The van der Waals surface area contributed by atoms with Crippen LogP contribution in [0.4, 0.5) is 0 Å². The number of halogens is 2. The fraction of sp³-hybridized carbons (Fsp3) is 0.0500. The van der Waals surface area contributed by atoms with Crippen molar-refractivity contribution < 1.29 is 13.9 Å². The van der Waals surface area contributed by atoms with E-state index in [4.69, 9.17) is 32.4 Å². The number of hydrogen-bond acceptors (Lipinski definition) is 3. The Kier molecular flexibility index (Phi) is 5.27. The van der Waals surface area contributed by atoms with Gasteiger partial charge in [0.2, 0.25) is 0 Å². The normalized spacial score (nSPS) is 11.0. The molecule has 3 nitrogen and oxygen atoms in total. The molecule has 126 valence electrons. The molecule has 0 radical (unpaired) electrons. The number of hydrogen-bond donors (Lipinski definition) is 0. The molecule has 1 heterocycles. The lowest BCUT2D eigenvalue weighted by molar-refractivity contribution is 0.104. The quantitative estimate of drug-likeness (QED) is 0.397. The van der Waals surface area contributed by atoms with E-state index in [1.165, 1.54) is 6.08 Å². The molecule has 0 atom stereocenters. The summed E-state index contributed by atoms with van der Waals surface area (Å²) in [5.41, 5.74) is 1.36. The Morgan fingerprint density at radius 2 is 1.88 bits per heavy atom. The Hall–Kier alpha value is -2.49. The van der Waals surface area contributed by atoms with Crippen molar-refractivity contribution >= 4 is 35.1 Å². The van der Waals surface area contributed by atoms with Gasteiger partial charge in [-0.15, -0.1) is 0 Å². The maximum atomic E-state index is 12.2. The van der Waals surface area contributed by atoms with Crippen LogP contribution in [-0.2, 0) is 0 Å². The molecule has 0 saturated carbocycles. The molecule has 0 bridgehead atoms. The molecule has 0 aliphatic heterocycles. The second kappa shape index (κ2) is 7.60. The van der Waals surface area contributed by atoms with Crippen LogP contribution < -0.4 is 4.74 Å². The molecule has 0 fully saturated rings. The van der Waals surface area contributed by atoms with E-state index in [-0.39, 0.29) is 5.78 Å². The van der Waals surface area contributed by atoms with Gasteiger partial charge < -0.3 is 9.15 Å². The van der Waals surface area contributed by atoms with Gasteiger partial charge in [-0.1, -0.05) is 35.3 Å². The third-order valence-electron chi connectivity index (χ3n) is 3.58. The minimum atomic E-state index is -0.133. The van der Waals surface area contributed by atoms with Crippen molar-refractivity contribution in [1.29, 1.82) is 0 Å². The first-order valence-electron chi connectivity index (χ1n) is 7.48. The number of ether oxygens (including phenoxy) is 1. The number of allylic oxidation sites excluding steroid dienone is 1. The van der Waals surface area contributed by atoms with Crippen LogP contribution in [0.25, 0.3) is 17.4 Å². The zero-order valence-corrected chi connectivity index (χ0v) is 14.8. The highest BCUT2D eigenvalue weighted by Gasteiger charge is 2.07. The molecule has 0 spiro atoms. The van der Waals surface area contributed by atoms with Crippen LogP contribution >= 0.6 is 23.2 Å². The number of furan rings is 1. The minimum absolute atomic E-state index is 0.133. The van der Waals surface area contributed by atoms with Gasteiger partial charge in [0.05, 0.1) is 17.2 Å². The molecule has 3 rings (SSSR count). The van der Waals surface area contributed by atoms with E-state index < -0.39 is 0 Å². The zero-order chi connectivity index (χ0) is 17.8. The average Bonchev–Trinajstić information content (AvgIpc) is 3.11. The molecule has 3 aromatic rings. The van der Waals surface area contributed by atoms with Crippen LogP contribution in [-0.4, -0.2) is 12.9 Å². The van der Waals surface area contributed by atoms with Crippen LogP contribution in [0.5, 0.6) is 5.75 Å². The first-order chi connectivity index (χ1) is 12.1. The van der Waals surface area contributed by atoms with Gasteiger partial charge in [0.1, 0.15) is 17.3 Å². The first kappa shape index (κ1) is 17.3. The summed E-state index contributed by atoms with van der Waals surface area (Å²) in [6.45, 7) is 0. The summed E-state index contributed by atoms with van der Waals surface area (Å²) >= 11 is 11.9. The molecule has 0 aliphatic rings. The van der Waals surface area contributed by atoms with Crippen LogP contribution in [0.1, 0.15) is 16.1 Å². The van der Waals surface area contributed by atoms with Crippen LogP contribution in [0, 0.1) is 0 Å². The van der Waals surface area contributed by atoms with E-state index in [1.807, 2.05) is 12.1 Å². The smallest absolute Gasteiger partial charge is 0.186 e. The summed E-state index contributed by atoms with van der Waals surface area (Å²) in [6, 6.07) is 15.9. The van der Waals surface area contributed by atoms with E-state index in [0.717, 1.165) is 5.56 Å². The van der Waals surface area contributed by atoms with Crippen molar-refractivity contribution in [3.05, 3.63) is 82.0 Å². The highest BCUT2D eigenvalue weighted by atomic mass is 35.5. The van der Waals surface area contributed by atoms with Crippen molar-refractivity contribution in [2.75, 3.05) is 7.11 Å². The molecule has 0 N–H and O–H groups in total. The summed E-state index contributed by atoms with van der Waals surface area (Å²) in [5, 5.41) is 0.946. The molecule has 25 heavy (non-hydrogen) atoms. The van der Waals surface area contributed by atoms with Crippen molar-refractivity contribution in [3.8, 4) is 17.1 Å². The second-order valence-electron chi connectivity index (χ2n) is 5.26. The maximum absolute atomic E-state index is 12.2. The molecule has 1 aromatic heterocycles. The maximum Gasteiger partial charge on any atom is 0.186 e. The van der Waals surface area contributed by atoms with E-state index in [2.05, 4.69) is 0 Å². The van der Waals surface area contributed by atoms with Crippen molar-refractivity contribution in [1.82, 2.24) is 0 Å². The summed E-state index contributed by atoms with van der Waals surface area (Å²) in [6.07, 6.45) is 3.09. The Bertz CT molecular complexity index is 942. The molecular weight excluding hydrogens is 359 g/mol. The molecule has 0 amide bonds. The topological polar surface area (TPSA) is 39.4 Å². The number of methoxy groups -OCH3 is 1. The number of ketones is 1. The highest BCUT2D eigenvalue weighted by Crippen LogP contribution is 2.29. The van der Waals surface area contributed by atoms with Crippen molar-refractivity contribution in [2.24, 2.45) is 0 Å². The van der Waals surface area contributed by atoms with E-state index in [9.17, 15) is 4.79 Å². The van der Waals surface area contributed by atoms with E-state index >= 15 is 0 Å². The van der Waals surface area contributed by atoms with E-state index in [1.54, 1.807) is 55.7 Å². The Labute approximate surface area is 155 Å². The largest absolute Gasteiger partial charge is 0.497 e. The van der Waals surface area contributed by atoms with Gasteiger partial charge >= 0.3 is 0 Å².